The topological polar surface area (TPSA) is 61.9 Å². The normalized spacial score (nSPS) is 19.3. The summed E-state index contributed by atoms with van der Waals surface area (Å²) in [7, 11) is 1.82. The zero-order valence-electron chi connectivity index (χ0n) is 9.57. The highest BCUT2D eigenvalue weighted by Gasteiger charge is 2.19. The third-order valence-electron chi connectivity index (χ3n) is 2.49. The number of guanidine groups is 1. The van der Waals surface area contributed by atoms with Crippen LogP contribution in [0.25, 0.3) is 0 Å². The molecule has 2 N–H and O–H groups in total. The zero-order chi connectivity index (χ0) is 11.3. The second-order valence-corrected chi connectivity index (χ2v) is 3.83. The van der Waals surface area contributed by atoms with Crippen LogP contribution in [0.5, 0.6) is 0 Å². The number of rotatable bonds is 2. The SMILES string of the molecule is CCCN=C(N)N1CCCN(C)C(=O)C1. The minimum atomic E-state index is 0.113. The Balaban J connectivity index is 2.58. The molecule has 1 fully saturated rings. The number of nitrogens with two attached hydrogens (primary N) is 1. The summed E-state index contributed by atoms with van der Waals surface area (Å²) in [6.07, 6.45) is 1.92. The van der Waals surface area contributed by atoms with Crippen molar-refractivity contribution in [3.63, 3.8) is 0 Å². The van der Waals surface area contributed by atoms with E-state index in [0.717, 1.165) is 32.5 Å². The van der Waals surface area contributed by atoms with Crippen molar-refractivity contribution in [2.45, 2.75) is 19.8 Å². The molecule has 0 aromatic rings. The van der Waals surface area contributed by atoms with Crippen molar-refractivity contribution < 1.29 is 4.79 Å². The van der Waals surface area contributed by atoms with Gasteiger partial charge in [-0.1, -0.05) is 6.92 Å². The first-order chi connectivity index (χ1) is 7.15. The van der Waals surface area contributed by atoms with E-state index in [1.54, 1.807) is 4.90 Å². The van der Waals surface area contributed by atoms with E-state index in [0.29, 0.717) is 12.5 Å². The standard InChI is InChI=1S/C10H20N4O/c1-3-5-12-10(11)14-7-4-6-13(2)9(15)8-14/h3-8H2,1-2H3,(H2,11,12). The minimum Gasteiger partial charge on any atom is -0.370 e. The molecule has 0 atom stereocenters. The Hall–Kier alpha value is -1.26. The smallest absolute Gasteiger partial charge is 0.241 e. The van der Waals surface area contributed by atoms with Gasteiger partial charge < -0.3 is 15.5 Å². The number of likely N-dealkylation sites (N-methyl/N-ethyl adjacent to an activating group) is 1. The van der Waals surface area contributed by atoms with Gasteiger partial charge in [-0.2, -0.15) is 0 Å². The molecule has 1 rings (SSSR count). The van der Waals surface area contributed by atoms with Crippen LogP contribution in [-0.4, -0.2) is 54.9 Å². The highest BCUT2D eigenvalue weighted by Crippen LogP contribution is 2.02. The van der Waals surface area contributed by atoms with Crippen LogP contribution in [0, 0.1) is 0 Å². The highest BCUT2D eigenvalue weighted by molar-refractivity contribution is 5.85. The van der Waals surface area contributed by atoms with E-state index in [9.17, 15) is 4.79 Å². The Labute approximate surface area is 90.9 Å². The Morgan fingerprint density at radius 3 is 2.93 bits per heavy atom. The molecule has 1 amide bonds. The molecule has 0 saturated carbocycles. The molecule has 1 aliphatic heterocycles. The highest BCUT2D eigenvalue weighted by atomic mass is 16.2. The molecular weight excluding hydrogens is 192 g/mol. The van der Waals surface area contributed by atoms with E-state index in [1.807, 2.05) is 11.9 Å². The van der Waals surface area contributed by atoms with E-state index < -0.39 is 0 Å². The lowest BCUT2D eigenvalue weighted by Gasteiger charge is -2.20. The average molecular weight is 212 g/mol. The van der Waals surface area contributed by atoms with E-state index in [4.69, 9.17) is 5.73 Å². The van der Waals surface area contributed by atoms with Gasteiger partial charge in [-0.25, -0.2) is 0 Å². The Morgan fingerprint density at radius 2 is 2.27 bits per heavy atom. The number of hydrogen-bond acceptors (Lipinski definition) is 2. The molecular formula is C10H20N4O. The van der Waals surface area contributed by atoms with Crippen LogP contribution in [0.15, 0.2) is 4.99 Å². The van der Waals surface area contributed by atoms with Crippen molar-refractivity contribution in [1.82, 2.24) is 9.80 Å². The van der Waals surface area contributed by atoms with E-state index in [2.05, 4.69) is 11.9 Å². The third-order valence-corrected chi connectivity index (χ3v) is 2.49. The number of nitrogens with zero attached hydrogens (tertiary/aromatic N) is 3. The van der Waals surface area contributed by atoms with Crippen molar-refractivity contribution in [2.75, 3.05) is 33.2 Å². The summed E-state index contributed by atoms with van der Waals surface area (Å²) in [5.74, 6) is 0.614. The molecule has 0 aliphatic carbocycles. The molecule has 86 valence electrons. The van der Waals surface area contributed by atoms with Gasteiger partial charge in [0.05, 0.1) is 6.54 Å². The van der Waals surface area contributed by atoms with Crippen LogP contribution in [0.4, 0.5) is 0 Å². The van der Waals surface area contributed by atoms with Crippen molar-refractivity contribution in [2.24, 2.45) is 10.7 Å². The van der Waals surface area contributed by atoms with E-state index in [1.165, 1.54) is 0 Å². The average Bonchev–Trinajstić information content (AvgIpc) is 2.38. The second kappa shape index (κ2) is 5.58. The Morgan fingerprint density at radius 1 is 1.53 bits per heavy atom. The lowest BCUT2D eigenvalue weighted by Crippen LogP contribution is -2.42. The first-order valence-electron chi connectivity index (χ1n) is 5.44. The molecule has 0 bridgehead atoms. The number of carbonyl (C=O) groups excluding carboxylic acids is 1. The summed E-state index contributed by atoms with van der Waals surface area (Å²) in [6, 6.07) is 0. The van der Waals surface area contributed by atoms with Gasteiger partial charge >= 0.3 is 0 Å². The molecule has 1 aliphatic rings. The summed E-state index contributed by atoms with van der Waals surface area (Å²) in [5, 5.41) is 0. The minimum absolute atomic E-state index is 0.113. The van der Waals surface area contributed by atoms with Gasteiger partial charge in [0.15, 0.2) is 5.96 Å². The lowest BCUT2D eigenvalue weighted by atomic mass is 10.4. The maximum Gasteiger partial charge on any atom is 0.241 e. The number of hydrogen-bond donors (Lipinski definition) is 1. The van der Waals surface area contributed by atoms with Crippen molar-refractivity contribution in [3.8, 4) is 0 Å². The Kier molecular flexibility index (Phi) is 4.39. The van der Waals surface area contributed by atoms with Gasteiger partial charge in [0, 0.05) is 26.7 Å². The molecule has 0 aromatic heterocycles. The van der Waals surface area contributed by atoms with Crippen molar-refractivity contribution in [3.05, 3.63) is 0 Å². The lowest BCUT2D eigenvalue weighted by molar-refractivity contribution is -0.129. The second-order valence-electron chi connectivity index (χ2n) is 3.83. The van der Waals surface area contributed by atoms with Gasteiger partial charge in [0.25, 0.3) is 0 Å². The van der Waals surface area contributed by atoms with Crippen LogP contribution in [-0.2, 0) is 4.79 Å². The van der Waals surface area contributed by atoms with Crippen LogP contribution >= 0.6 is 0 Å². The molecule has 15 heavy (non-hydrogen) atoms. The fourth-order valence-corrected chi connectivity index (χ4v) is 1.51. The first-order valence-corrected chi connectivity index (χ1v) is 5.44. The van der Waals surface area contributed by atoms with Gasteiger partial charge in [-0.3, -0.25) is 9.79 Å². The molecule has 1 heterocycles. The van der Waals surface area contributed by atoms with Crippen molar-refractivity contribution in [1.29, 1.82) is 0 Å². The maximum atomic E-state index is 11.6. The van der Waals surface area contributed by atoms with Gasteiger partial charge in [0.1, 0.15) is 0 Å². The number of aliphatic imine (C=N–C) groups is 1. The molecule has 0 spiro atoms. The maximum absolute atomic E-state index is 11.6. The van der Waals surface area contributed by atoms with Gasteiger partial charge in [-0.05, 0) is 12.8 Å². The van der Waals surface area contributed by atoms with E-state index >= 15 is 0 Å². The van der Waals surface area contributed by atoms with Crippen LogP contribution in [0.1, 0.15) is 19.8 Å². The largest absolute Gasteiger partial charge is 0.370 e. The fraction of sp³-hybridized carbons (Fsp3) is 0.800. The molecule has 0 unspecified atom stereocenters. The summed E-state index contributed by atoms with van der Waals surface area (Å²) < 4.78 is 0. The summed E-state index contributed by atoms with van der Waals surface area (Å²) in [6.45, 7) is 4.76. The fourth-order valence-electron chi connectivity index (χ4n) is 1.51. The predicted octanol–water partition coefficient (Wildman–Crippen LogP) is -0.125. The molecule has 1 saturated heterocycles. The third kappa shape index (κ3) is 3.42. The number of carbonyl (C=O) groups is 1. The van der Waals surface area contributed by atoms with Gasteiger partial charge in [0.2, 0.25) is 5.91 Å². The Bertz CT molecular complexity index is 252. The van der Waals surface area contributed by atoms with Crippen molar-refractivity contribution >= 4 is 11.9 Å². The summed E-state index contributed by atoms with van der Waals surface area (Å²) >= 11 is 0. The molecule has 0 radical (unpaired) electrons. The van der Waals surface area contributed by atoms with Crippen LogP contribution in [0.2, 0.25) is 0 Å². The quantitative estimate of drug-likeness (QED) is 0.512. The predicted molar refractivity (Wildman–Crippen MR) is 60.6 cm³/mol. The van der Waals surface area contributed by atoms with Gasteiger partial charge in [-0.15, -0.1) is 0 Å². The van der Waals surface area contributed by atoms with Crippen LogP contribution in [0.3, 0.4) is 0 Å². The molecule has 5 nitrogen and oxygen atoms in total. The zero-order valence-corrected chi connectivity index (χ0v) is 9.57. The summed E-state index contributed by atoms with van der Waals surface area (Å²) in [4.78, 5) is 19.4. The first kappa shape index (κ1) is 11.8. The molecule has 0 aromatic carbocycles. The molecule has 5 heteroatoms. The van der Waals surface area contributed by atoms with E-state index in [-0.39, 0.29) is 5.91 Å². The number of amides is 1. The monoisotopic (exact) mass is 212 g/mol. The summed E-state index contributed by atoms with van der Waals surface area (Å²) in [5.41, 5.74) is 5.82. The van der Waals surface area contributed by atoms with Crippen LogP contribution < -0.4 is 5.73 Å².